The van der Waals surface area contributed by atoms with Crippen molar-refractivity contribution in [2.45, 2.75) is 16.0 Å². The maximum absolute atomic E-state index is 5.88. The predicted octanol–water partition coefficient (Wildman–Crippen LogP) is 3.45. The van der Waals surface area contributed by atoms with E-state index in [2.05, 4.69) is 34.6 Å². The van der Waals surface area contributed by atoms with Gasteiger partial charge in [-0.2, -0.15) is 0 Å². The standard InChI is InChI=1S/C15H14ClN3S/c16-11-3-7-13(8-4-11)20-12-5-1-10(2-6-12)15-18-9-14(17)19-15/h1-8,15,18H,9H2,(H2,17,19). The van der Waals surface area contributed by atoms with Gasteiger partial charge in [-0.15, -0.1) is 0 Å². The van der Waals surface area contributed by atoms with Gasteiger partial charge in [-0.05, 0) is 42.0 Å². The third-order valence-electron chi connectivity index (χ3n) is 3.02. The largest absolute Gasteiger partial charge is 0.386 e. The molecule has 5 heteroatoms. The zero-order chi connectivity index (χ0) is 13.9. The molecule has 2 aromatic rings. The van der Waals surface area contributed by atoms with E-state index in [0.29, 0.717) is 12.4 Å². The van der Waals surface area contributed by atoms with Gasteiger partial charge < -0.3 is 5.73 Å². The average molecular weight is 304 g/mol. The van der Waals surface area contributed by atoms with Crippen molar-refractivity contribution in [3.05, 3.63) is 59.1 Å². The maximum atomic E-state index is 5.88. The molecule has 0 amide bonds. The Bertz CT molecular complexity index is 623. The summed E-state index contributed by atoms with van der Waals surface area (Å²) in [4.78, 5) is 6.70. The summed E-state index contributed by atoms with van der Waals surface area (Å²) < 4.78 is 0. The van der Waals surface area contributed by atoms with Gasteiger partial charge in [0.15, 0.2) is 0 Å². The van der Waals surface area contributed by atoms with Crippen LogP contribution in [0.1, 0.15) is 11.7 Å². The van der Waals surface area contributed by atoms with Crippen molar-refractivity contribution >= 4 is 29.2 Å². The van der Waals surface area contributed by atoms with Crippen LogP contribution >= 0.6 is 23.4 Å². The molecule has 0 saturated carbocycles. The second-order valence-corrected chi connectivity index (χ2v) is 6.11. The van der Waals surface area contributed by atoms with Gasteiger partial charge in [0.05, 0.1) is 6.54 Å². The van der Waals surface area contributed by atoms with Crippen LogP contribution in [0.5, 0.6) is 0 Å². The van der Waals surface area contributed by atoms with Crippen molar-refractivity contribution in [1.29, 1.82) is 0 Å². The lowest BCUT2D eigenvalue weighted by Crippen LogP contribution is -2.21. The summed E-state index contributed by atoms with van der Waals surface area (Å²) in [6, 6.07) is 16.2. The summed E-state index contributed by atoms with van der Waals surface area (Å²) in [6.45, 7) is 0.659. The van der Waals surface area contributed by atoms with Crippen LogP contribution in [0.2, 0.25) is 5.02 Å². The van der Waals surface area contributed by atoms with Crippen LogP contribution in [0.25, 0.3) is 0 Å². The molecular weight excluding hydrogens is 290 g/mol. The second kappa shape index (κ2) is 5.87. The molecule has 20 heavy (non-hydrogen) atoms. The van der Waals surface area contributed by atoms with E-state index < -0.39 is 0 Å². The summed E-state index contributed by atoms with van der Waals surface area (Å²) in [5.41, 5.74) is 6.81. The van der Waals surface area contributed by atoms with Gasteiger partial charge in [0.1, 0.15) is 12.0 Å². The van der Waals surface area contributed by atoms with Gasteiger partial charge in [0.2, 0.25) is 0 Å². The highest BCUT2D eigenvalue weighted by Gasteiger charge is 2.15. The molecule has 102 valence electrons. The quantitative estimate of drug-likeness (QED) is 0.913. The van der Waals surface area contributed by atoms with Crippen LogP contribution in [0.4, 0.5) is 0 Å². The number of nitrogens with one attached hydrogen (secondary N) is 1. The molecule has 0 fully saturated rings. The van der Waals surface area contributed by atoms with Crippen LogP contribution in [0.15, 0.2) is 63.3 Å². The summed E-state index contributed by atoms with van der Waals surface area (Å²) in [5, 5.41) is 4.00. The van der Waals surface area contributed by atoms with Crippen molar-refractivity contribution in [1.82, 2.24) is 5.32 Å². The molecule has 1 aliphatic rings. The van der Waals surface area contributed by atoms with Crippen molar-refractivity contribution < 1.29 is 0 Å². The fourth-order valence-electron chi connectivity index (χ4n) is 2.01. The molecule has 0 aliphatic carbocycles. The van der Waals surface area contributed by atoms with Crippen LogP contribution in [0.3, 0.4) is 0 Å². The van der Waals surface area contributed by atoms with E-state index in [1.807, 2.05) is 24.3 Å². The first kappa shape index (κ1) is 13.5. The molecule has 0 radical (unpaired) electrons. The third kappa shape index (κ3) is 3.15. The first-order valence-corrected chi connectivity index (χ1v) is 7.49. The SMILES string of the molecule is NC1=NC(c2ccc(Sc3ccc(Cl)cc3)cc2)NC1. The van der Waals surface area contributed by atoms with Crippen LogP contribution < -0.4 is 11.1 Å². The molecule has 0 bridgehead atoms. The van der Waals surface area contributed by atoms with E-state index in [0.717, 1.165) is 10.6 Å². The molecule has 2 aromatic carbocycles. The number of nitrogens with zero attached hydrogens (tertiary/aromatic N) is 1. The van der Waals surface area contributed by atoms with E-state index in [1.165, 1.54) is 9.79 Å². The minimum absolute atomic E-state index is 0.00965. The fraction of sp³-hybridized carbons (Fsp3) is 0.133. The van der Waals surface area contributed by atoms with Crippen LogP contribution in [-0.2, 0) is 0 Å². The molecule has 0 aromatic heterocycles. The molecule has 0 spiro atoms. The number of hydrogen-bond acceptors (Lipinski definition) is 4. The molecule has 3 N–H and O–H groups in total. The van der Waals surface area contributed by atoms with Gasteiger partial charge in [0.25, 0.3) is 0 Å². The molecule has 1 atom stereocenters. The number of hydrogen-bond donors (Lipinski definition) is 2. The number of rotatable bonds is 3. The Morgan fingerprint density at radius 1 is 1.05 bits per heavy atom. The number of benzene rings is 2. The number of amidine groups is 1. The van der Waals surface area contributed by atoms with Gasteiger partial charge in [-0.25, -0.2) is 4.99 Å². The fourth-order valence-corrected chi connectivity index (χ4v) is 2.95. The van der Waals surface area contributed by atoms with E-state index in [1.54, 1.807) is 11.8 Å². The lowest BCUT2D eigenvalue weighted by atomic mass is 10.2. The Morgan fingerprint density at radius 2 is 1.65 bits per heavy atom. The van der Waals surface area contributed by atoms with Crippen molar-refractivity contribution in [2.24, 2.45) is 10.7 Å². The van der Waals surface area contributed by atoms with Crippen LogP contribution in [-0.4, -0.2) is 12.4 Å². The lowest BCUT2D eigenvalue weighted by Gasteiger charge is -2.09. The Hall–Kier alpha value is -1.49. The Balaban J connectivity index is 1.71. The first-order chi connectivity index (χ1) is 9.70. The first-order valence-electron chi connectivity index (χ1n) is 6.29. The monoisotopic (exact) mass is 303 g/mol. The van der Waals surface area contributed by atoms with E-state index in [4.69, 9.17) is 17.3 Å². The van der Waals surface area contributed by atoms with Crippen molar-refractivity contribution in [3.8, 4) is 0 Å². The van der Waals surface area contributed by atoms with Crippen molar-refractivity contribution in [3.63, 3.8) is 0 Å². The molecular formula is C15H14ClN3S. The van der Waals surface area contributed by atoms with E-state index in [9.17, 15) is 0 Å². The topological polar surface area (TPSA) is 50.4 Å². The zero-order valence-corrected chi connectivity index (χ0v) is 12.3. The van der Waals surface area contributed by atoms with Gasteiger partial charge in [-0.1, -0.05) is 35.5 Å². The zero-order valence-electron chi connectivity index (χ0n) is 10.7. The summed E-state index contributed by atoms with van der Waals surface area (Å²) in [7, 11) is 0. The minimum Gasteiger partial charge on any atom is -0.386 e. The highest BCUT2D eigenvalue weighted by atomic mass is 35.5. The number of halogens is 1. The third-order valence-corrected chi connectivity index (χ3v) is 4.28. The molecule has 1 aliphatic heterocycles. The maximum Gasteiger partial charge on any atom is 0.127 e. The average Bonchev–Trinajstić information content (AvgIpc) is 2.89. The van der Waals surface area contributed by atoms with Gasteiger partial charge in [0, 0.05) is 14.8 Å². The lowest BCUT2D eigenvalue weighted by molar-refractivity contribution is 0.643. The molecule has 0 saturated heterocycles. The second-order valence-electron chi connectivity index (χ2n) is 4.53. The smallest absolute Gasteiger partial charge is 0.127 e. The van der Waals surface area contributed by atoms with Gasteiger partial charge >= 0.3 is 0 Å². The van der Waals surface area contributed by atoms with Crippen LogP contribution in [0, 0.1) is 0 Å². The number of nitrogens with two attached hydrogens (primary N) is 1. The predicted molar refractivity (Wildman–Crippen MR) is 84.4 cm³/mol. The minimum atomic E-state index is -0.00965. The van der Waals surface area contributed by atoms with Gasteiger partial charge in [-0.3, -0.25) is 5.32 Å². The Labute approximate surface area is 127 Å². The summed E-state index contributed by atoms with van der Waals surface area (Å²) in [5.74, 6) is 0.662. The highest BCUT2D eigenvalue weighted by molar-refractivity contribution is 7.99. The Morgan fingerprint density at radius 3 is 2.20 bits per heavy atom. The molecule has 1 unspecified atom stereocenters. The van der Waals surface area contributed by atoms with E-state index >= 15 is 0 Å². The van der Waals surface area contributed by atoms with E-state index in [-0.39, 0.29) is 6.17 Å². The Kier molecular flexibility index (Phi) is 3.96. The number of aliphatic imine (C=N–C) groups is 1. The summed E-state index contributed by atoms with van der Waals surface area (Å²) in [6.07, 6.45) is -0.00965. The normalized spacial score (nSPS) is 18.1. The van der Waals surface area contributed by atoms with Crippen molar-refractivity contribution in [2.75, 3.05) is 6.54 Å². The molecule has 1 heterocycles. The molecule has 3 nitrogen and oxygen atoms in total. The highest BCUT2D eigenvalue weighted by Crippen LogP contribution is 2.29. The summed E-state index contributed by atoms with van der Waals surface area (Å²) >= 11 is 7.59. The molecule has 3 rings (SSSR count).